The van der Waals surface area contributed by atoms with Crippen LogP contribution in [0.1, 0.15) is 12.5 Å². The van der Waals surface area contributed by atoms with Crippen LogP contribution in [0.2, 0.25) is 0 Å². The lowest BCUT2D eigenvalue weighted by Gasteiger charge is -1.98. The highest BCUT2D eigenvalue weighted by Crippen LogP contribution is 2.25. The molecule has 0 radical (unpaired) electrons. The molecule has 0 heterocycles. The SMILES string of the molecule is CCNC(=S)N[NH+]=Cc1ccc(O)c([N+](=O)[O-])c1. The van der Waals surface area contributed by atoms with Crippen molar-refractivity contribution in [2.24, 2.45) is 0 Å². The number of phenols is 1. The molecule has 0 aliphatic carbocycles. The number of nitro groups is 1. The van der Waals surface area contributed by atoms with Crippen LogP contribution in [-0.2, 0) is 0 Å². The summed E-state index contributed by atoms with van der Waals surface area (Å²) < 4.78 is 0. The molecule has 18 heavy (non-hydrogen) atoms. The van der Waals surface area contributed by atoms with Crippen molar-refractivity contribution in [1.29, 1.82) is 0 Å². The van der Waals surface area contributed by atoms with Gasteiger partial charge < -0.3 is 10.4 Å². The molecule has 4 N–H and O–H groups in total. The molecule has 0 aliphatic heterocycles. The number of thiocarbonyl (C=S) groups is 1. The normalized spacial score (nSPS) is 10.3. The second-order valence-electron chi connectivity index (χ2n) is 3.28. The van der Waals surface area contributed by atoms with E-state index in [1.165, 1.54) is 24.4 Å². The predicted octanol–water partition coefficient (Wildman–Crippen LogP) is -0.801. The lowest BCUT2D eigenvalue weighted by molar-refractivity contribution is -0.500. The number of phenolic OH excluding ortho intramolecular Hbond substituents is 1. The highest BCUT2D eigenvalue weighted by molar-refractivity contribution is 7.80. The Morgan fingerprint density at radius 1 is 1.67 bits per heavy atom. The summed E-state index contributed by atoms with van der Waals surface area (Å²) in [5.41, 5.74) is 2.86. The molecule has 1 aromatic rings. The summed E-state index contributed by atoms with van der Waals surface area (Å²) in [6, 6.07) is 4.04. The number of nitrogens with zero attached hydrogens (tertiary/aromatic N) is 1. The summed E-state index contributed by atoms with van der Waals surface area (Å²) in [5.74, 6) is -0.367. The number of rotatable bonds is 4. The largest absolute Gasteiger partial charge is 0.502 e. The van der Waals surface area contributed by atoms with Gasteiger partial charge in [-0.15, -0.1) is 10.5 Å². The van der Waals surface area contributed by atoms with Crippen LogP contribution in [0.25, 0.3) is 0 Å². The van der Waals surface area contributed by atoms with Gasteiger partial charge in [0, 0.05) is 18.2 Å². The second kappa shape index (κ2) is 6.50. The molecule has 0 fully saturated rings. The van der Waals surface area contributed by atoms with E-state index in [0.717, 1.165) is 0 Å². The van der Waals surface area contributed by atoms with Crippen LogP contribution in [0, 0.1) is 10.1 Å². The van der Waals surface area contributed by atoms with Gasteiger partial charge in [-0.1, -0.05) is 0 Å². The van der Waals surface area contributed by atoms with Gasteiger partial charge in [0.15, 0.2) is 12.0 Å². The van der Waals surface area contributed by atoms with Gasteiger partial charge in [0.25, 0.3) is 0 Å². The fraction of sp³-hybridized carbons (Fsp3) is 0.200. The molecular weight excluding hydrogens is 256 g/mol. The van der Waals surface area contributed by atoms with Crippen LogP contribution in [0.15, 0.2) is 18.2 Å². The molecule has 8 heteroatoms. The zero-order chi connectivity index (χ0) is 13.5. The lowest BCUT2D eigenvalue weighted by atomic mass is 10.2. The minimum Gasteiger partial charge on any atom is -0.502 e. The molecule has 0 aliphatic rings. The van der Waals surface area contributed by atoms with Gasteiger partial charge in [0.05, 0.1) is 4.92 Å². The van der Waals surface area contributed by atoms with E-state index in [1.54, 1.807) is 0 Å². The Labute approximate surface area is 109 Å². The van der Waals surface area contributed by atoms with Gasteiger partial charge in [-0.25, -0.2) is 0 Å². The Kier molecular flexibility index (Phi) is 5.00. The van der Waals surface area contributed by atoms with Crippen molar-refractivity contribution in [3.63, 3.8) is 0 Å². The summed E-state index contributed by atoms with van der Waals surface area (Å²) in [6.45, 7) is 2.60. The average molecular weight is 269 g/mol. The molecule has 0 amide bonds. The number of benzene rings is 1. The molecule has 0 spiro atoms. The Balaban J connectivity index is 2.73. The molecule has 1 rings (SSSR count). The van der Waals surface area contributed by atoms with E-state index in [2.05, 4.69) is 15.8 Å². The fourth-order valence-corrected chi connectivity index (χ4v) is 1.37. The summed E-state index contributed by atoms with van der Waals surface area (Å²) in [5, 5.41) is 25.8. The van der Waals surface area contributed by atoms with Crippen molar-refractivity contribution in [1.82, 2.24) is 10.7 Å². The molecular formula is C10H13N4O3S+. The summed E-state index contributed by atoms with van der Waals surface area (Å²) in [4.78, 5) is 9.96. The van der Waals surface area contributed by atoms with Crippen molar-refractivity contribution in [3.8, 4) is 5.75 Å². The van der Waals surface area contributed by atoms with Gasteiger partial charge >= 0.3 is 5.69 Å². The number of hydrogen-bond donors (Lipinski definition) is 4. The van der Waals surface area contributed by atoms with Crippen LogP contribution >= 0.6 is 12.2 Å². The van der Waals surface area contributed by atoms with E-state index in [9.17, 15) is 15.2 Å². The Bertz CT molecular complexity index is 490. The van der Waals surface area contributed by atoms with E-state index in [4.69, 9.17) is 12.2 Å². The maximum atomic E-state index is 10.6. The third kappa shape index (κ3) is 3.98. The van der Waals surface area contributed by atoms with Crippen LogP contribution < -0.4 is 15.8 Å². The first kappa shape index (κ1) is 13.8. The molecule has 0 unspecified atom stereocenters. The van der Waals surface area contributed by atoms with E-state index in [-0.39, 0.29) is 11.4 Å². The summed E-state index contributed by atoms with van der Waals surface area (Å²) in [6.07, 6.45) is 1.50. The molecule has 0 saturated heterocycles. The monoisotopic (exact) mass is 269 g/mol. The minimum atomic E-state index is -0.649. The van der Waals surface area contributed by atoms with Crippen molar-refractivity contribution >= 4 is 29.2 Å². The van der Waals surface area contributed by atoms with Crippen LogP contribution in [0.3, 0.4) is 0 Å². The van der Waals surface area contributed by atoms with Gasteiger partial charge in [0.1, 0.15) is 0 Å². The topological polar surface area (TPSA) is 101 Å². The summed E-state index contributed by atoms with van der Waals surface area (Å²) in [7, 11) is 0. The van der Waals surface area contributed by atoms with E-state index in [1.807, 2.05) is 6.92 Å². The Morgan fingerprint density at radius 3 is 3.00 bits per heavy atom. The number of nitrogens with one attached hydrogen (secondary N) is 3. The number of nitro benzene ring substituents is 1. The lowest BCUT2D eigenvalue weighted by Crippen LogP contribution is -2.82. The quantitative estimate of drug-likeness (QED) is 0.247. The van der Waals surface area contributed by atoms with Gasteiger partial charge in [-0.3, -0.25) is 10.1 Å². The third-order valence-corrected chi connectivity index (χ3v) is 2.20. The molecule has 0 bridgehead atoms. The first-order valence-corrected chi connectivity index (χ1v) is 5.55. The summed E-state index contributed by atoms with van der Waals surface area (Å²) >= 11 is 4.90. The highest BCUT2D eigenvalue weighted by atomic mass is 32.1. The molecule has 1 aromatic carbocycles. The Hall–Kier alpha value is -2.22. The van der Waals surface area contributed by atoms with Crippen molar-refractivity contribution in [2.75, 3.05) is 6.54 Å². The third-order valence-electron chi connectivity index (χ3n) is 1.96. The molecule has 96 valence electrons. The zero-order valence-electron chi connectivity index (χ0n) is 9.64. The molecule has 0 aromatic heterocycles. The van der Waals surface area contributed by atoms with Crippen molar-refractivity contribution in [3.05, 3.63) is 33.9 Å². The smallest absolute Gasteiger partial charge is 0.311 e. The number of aromatic hydroxyl groups is 1. The van der Waals surface area contributed by atoms with Crippen molar-refractivity contribution < 1.29 is 15.1 Å². The standard InChI is InChI=1S/C10H12N4O3S/c1-2-11-10(18)13-12-6-7-3-4-9(15)8(5-7)14(16)17/h3-6,15H,2H2,1H3,(H2,11,13,18)/p+1. The number of hydrogen-bond acceptors (Lipinski definition) is 4. The first-order chi connectivity index (χ1) is 8.54. The van der Waals surface area contributed by atoms with E-state index >= 15 is 0 Å². The zero-order valence-corrected chi connectivity index (χ0v) is 10.5. The molecule has 0 atom stereocenters. The first-order valence-electron chi connectivity index (χ1n) is 5.14. The fourth-order valence-electron chi connectivity index (χ4n) is 1.17. The maximum absolute atomic E-state index is 10.6. The van der Waals surface area contributed by atoms with E-state index < -0.39 is 4.92 Å². The second-order valence-corrected chi connectivity index (χ2v) is 3.69. The van der Waals surface area contributed by atoms with Gasteiger partial charge in [-0.2, -0.15) is 0 Å². The number of hydrazone groups is 1. The highest BCUT2D eigenvalue weighted by Gasteiger charge is 2.13. The molecule has 7 nitrogen and oxygen atoms in total. The van der Waals surface area contributed by atoms with Gasteiger partial charge in [0.2, 0.25) is 5.11 Å². The van der Waals surface area contributed by atoms with E-state index in [0.29, 0.717) is 17.2 Å². The predicted molar refractivity (Wildman–Crippen MR) is 70.3 cm³/mol. The van der Waals surface area contributed by atoms with Crippen LogP contribution in [-0.4, -0.2) is 27.9 Å². The van der Waals surface area contributed by atoms with Crippen LogP contribution in [0.4, 0.5) is 5.69 Å². The van der Waals surface area contributed by atoms with Crippen LogP contribution in [0.5, 0.6) is 5.75 Å². The maximum Gasteiger partial charge on any atom is 0.311 e. The average Bonchev–Trinajstić information content (AvgIpc) is 2.31. The van der Waals surface area contributed by atoms with Gasteiger partial charge in [-0.05, 0) is 31.3 Å². The minimum absolute atomic E-state index is 0.347. The Morgan fingerprint density at radius 2 is 2.39 bits per heavy atom. The molecule has 0 saturated carbocycles. The van der Waals surface area contributed by atoms with Crippen molar-refractivity contribution in [2.45, 2.75) is 6.92 Å². The number of hydrazine groups is 1.